The number of anilines is 1. The highest BCUT2D eigenvalue weighted by Crippen LogP contribution is 2.26. The molecule has 0 fully saturated rings. The quantitative estimate of drug-likeness (QED) is 0.503. The Labute approximate surface area is 169 Å². The van der Waals surface area contributed by atoms with Crippen molar-refractivity contribution in [3.05, 3.63) is 89.5 Å². The number of rotatable bonds is 5. The first-order chi connectivity index (χ1) is 14.0. The van der Waals surface area contributed by atoms with Crippen LogP contribution in [0, 0.1) is 19.7 Å². The van der Waals surface area contributed by atoms with E-state index in [9.17, 15) is 9.18 Å². The first kappa shape index (κ1) is 18.9. The molecule has 1 amide bonds. The summed E-state index contributed by atoms with van der Waals surface area (Å²) in [6, 6.07) is 18.1. The predicted octanol–water partition coefficient (Wildman–Crippen LogP) is 5.33. The van der Waals surface area contributed by atoms with Crippen LogP contribution in [-0.2, 0) is 11.2 Å². The summed E-state index contributed by atoms with van der Waals surface area (Å²) in [5.41, 5.74) is 6.38. The predicted molar refractivity (Wildman–Crippen MR) is 113 cm³/mol. The molecule has 2 heterocycles. The number of nitrogens with one attached hydrogen (secondary N) is 1. The minimum atomic E-state index is -0.285. The van der Waals surface area contributed by atoms with Crippen LogP contribution in [0.4, 0.5) is 10.1 Å². The molecule has 0 radical (unpaired) electrons. The van der Waals surface area contributed by atoms with Gasteiger partial charge in [0, 0.05) is 23.9 Å². The van der Waals surface area contributed by atoms with Crippen molar-refractivity contribution in [3.63, 3.8) is 0 Å². The van der Waals surface area contributed by atoms with Crippen LogP contribution in [0.1, 0.15) is 23.2 Å². The highest BCUT2D eigenvalue weighted by molar-refractivity contribution is 5.91. The molecule has 4 rings (SSSR count). The van der Waals surface area contributed by atoms with Crippen LogP contribution in [0.15, 0.2) is 66.9 Å². The number of fused-ring (bicyclic) bond motifs is 1. The van der Waals surface area contributed by atoms with Gasteiger partial charge in [-0.3, -0.25) is 4.79 Å². The molecule has 4 aromatic rings. The van der Waals surface area contributed by atoms with Crippen LogP contribution < -0.4 is 5.32 Å². The lowest BCUT2D eigenvalue weighted by atomic mass is 10.1. The number of carbonyl (C=O) groups is 1. The van der Waals surface area contributed by atoms with E-state index in [1.54, 1.807) is 12.1 Å². The van der Waals surface area contributed by atoms with Gasteiger partial charge in [-0.1, -0.05) is 12.1 Å². The molecule has 0 bridgehead atoms. The Bertz CT molecular complexity index is 1160. The minimum Gasteiger partial charge on any atom is -0.326 e. The lowest BCUT2D eigenvalue weighted by Gasteiger charge is -2.09. The summed E-state index contributed by atoms with van der Waals surface area (Å²) in [6.45, 7) is 4.02. The fourth-order valence-corrected chi connectivity index (χ4v) is 3.63. The lowest BCUT2D eigenvalue weighted by molar-refractivity contribution is -0.116. The van der Waals surface area contributed by atoms with E-state index < -0.39 is 0 Å². The van der Waals surface area contributed by atoms with Gasteiger partial charge in [-0.25, -0.2) is 9.37 Å². The summed E-state index contributed by atoms with van der Waals surface area (Å²) >= 11 is 0. The zero-order valence-corrected chi connectivity index (χ0v) is 16.4. The number of hydrogen-bond acceptors (Lipinski definition) is 2. The summed E-state index contributed by atoms with van der Waals surface area (Å²) in [7, 11) is 0. The normalized spacial score (nSPS) is 11.0. The first-order valence-electron chi connectivity index (χ1n) is 9.59. The van der Waals surface area contributed by atoms with Crippen molar-refractivity contribution in [2.45, 2.75) is 26.7 Å². The zero-order valence-electron chi connectivity index (χ0n) is 16.4. The maximum absolute atomic E-state index is 13.3. The smallest absolute Gasteiger partial charge is 0.224 e. The van der Waals surface area contributed by atoms with Crippen LogP contribution in [0.25, 0.3) is 16.9 Å². The molecule has 146 valence electrons. The summed E-state index contributed by atoms with van der Waals surface area (Å²) in [5.74, 6) is -0.335. The van der Waals surface area contributed by atoms with Gasteiger partial charge in [0.1, 0.15) is 11.5 Å². The second-order valence-corrected chi connectivity index (χ2v) is 7.27. The van der Waals surface area contributed by atoms with Crippen LogP contribution in [0.2, 0.25) is 0 Å². The number of imidazole rings is 1. The van der Waals surface area contributed by atoms with Crippen molar-refractivity contribution in [1.82, 2.24) is 9.38 Å². The van der Waals surface area contributed by atoms with E-state index in [1.165, 1.54) is 12.1 Å². The summed E-state index contributed by atoms with van der Waals surface area (Å²) in [6.07, 6.45) is 2.78. The molecule has 4 nitrogen and oxygen atoms in total. The number of pyridine rings is 1. The van der Waals surface area contributed by atoms with Gasteiger partial charge in [0.15, 0.2) is 0 Å². The third-order valence-electron chi connectivity index (χ3n) is 4.84. The van der Waals surface area contributed by atoms with Crippen LogP contribution in [0.3, 0.4) is 0 Å². The first-order valence-corrected chi connectivity index (χ1v) is 9.59. The maximum atomic E-state index is 13.3. The van der Waals surface area contributed by atoms with Gasteiger partial charge in [0.25, 0.3) is 0 Å². The zero-order chi connectivity index (χ0) is 20.4. The molecule has 29 heavy (non-hydrogen) atoms. The summed E-state index contributed by atoms with van der Waals surface area (Å²) in [4.78, 5) is 17.3. The van der Waals surface area contributed by atoms with E-state index >= 15 is 0 Å². The van der Waals surface area contributed by atoms with Gasteiger partial charge < -0.3 is 9.72 Å². The Hall–Kier alpha value is -3.47. The number of benzene rings is 2. The molecule has 5 heteroatoms. The van der Waals surface area contributed by atoms with Gasteiger partial charge in [-0.05, 0) is 79.9 Å². The van der Waals surface area contributed by atoms with Gasteiger partial charge in [-0.15, -0.1) is 0 Å². The molecule has 2 aromatic carbocycles. The van der Waals surface area contributed by atoms with E-state index in [4.69, 9.17) is 4.98 Å². The Kier molecular flexibility index (Phi) is 5.12. The van der Waals surface area contributed by atoms with E-state index in [1.807, 2.05) is 54.8 Å². The number of carbonyl (C=O) groups excluding carboxylic acids is 1. The number of aryl methyl sites for hydroxylation is 3. The molecule has 0 aliphatic carbocycles. The number of amides is 1. The number of nitrogens with zero attached hydrogens (tertiary/aromatic N) is 2. The molecular weight excluding hydrogens is 365 g/mol. The number of hydrogen-bond donors (Lipinski definition) is 1. The van der Waals surface area contributed by atoms with Gasteiger partial charge in [0.05, 0.1) is 11.4 Å². The lowest BCUT2D eigenvalue weighted by Crippen LogP contribution is -2.13. The average molecular weight is 387 g/mol. The fourth-order valence-electron chi connectivity index (χ4n) is 3.63. The van der Waals surface area contributed by atoms with Crippen molar-refractivity contribution >= 4 is 17.2 Å². The Morgan fingerprint density at radius 3 is 2.48 bits per heavy atom. The highest BCUT2D eigenvalue weighted by Gasteiger charge is 2.15. The molecule has 2 aromatic heterocycles. The second kappa shape index (κ2) is 7.87. The molecule has 0 saturated heterocycles. The van der Waals surface area contributed by atoms with Crippen LogP contribution in [0.5, 0.6) is 0 Å². The van der Waals surface area contributed by atoms with Crippen LogP contribution in [-0.4, -0.2) is 15.3 Å². The van der Waals surface area contributed by atoms with E-state index in [0.29, 0.717) is 12.8 Å². The van der Waals surface area contributed by atoms with E-state index in [-0.39, 0.29) is 11.7 Å². The highest BCUT2D eigenvalue weighted by atomic mass is 19.1. The Balaban J connectivity index is 1.59. The number of aromatic nitrogens is 2. The molecule has 0 unspecified atom stereocenters. The largest absolute Gasteiger partial charge is 0.326 e. The summed E-state index contributed by atoms with van der Waals surface area (Å²) in [5, 5.41) is 2.98. The van der Waals surface area contributed by atoms with Crippen LogP contribution >= 0.6 is 0 Å². The molecule has 0 aliphatic rings. The van der Waals surface area contributed by atoms with Crippen molar-refractivity contribution in [3.8, 4) is 11.3 Å². The van der Waals surface area contributed by atoms with Gasteiger partial charge in [0.2, 0.25) is 5.91 Å². The van der Waals surface area contributed by atoms with E-state index in [2.05, 4.69) is 11.4 Å². The molecule has 0 spiro atoms. The molecule has 0 atom stereocenters. The third kappa shape index (κ3) is 4.19. The maximum Gasteiger partial charge on any atom is 0.224 e. The molecule has 1 N–H and O–H groups in total. The molecule has 0 aliphatic heterocycles. The summed E-state index contributed by atoms with van der Waals surface area (Å²) < 4.78 is 15.3. The number of halogens is 1. The minimum absolute atomic E-state index is 0.0501. The topological polar surface area (TPSA) is 46.4 Å². The van der Waals surface area contributed by atoms with Crippen molar-refractivity contribution < 1.29 is 9.18 Å². The third-order valence-corrected chi connectivity index (χ3v) is 4.84. The van der Waals surface area contributed by atoms with Crippen molar-refractivity contribution in [2.75, 3.05) is 5.32 Å². The second-order valence-electron chi connectivity index (χ2n) is 7.27. The SMILES string of the molecule is Cc1cc(C)cc(NC(=O)CCc2c(-c3ccc(F)cc3)nc3ccccn23)c1. The van der Waals surface area contributed by atoms with E-state index in [0.717, 1.165) is 39.4 Å². The Morgan fingerprint density at radius 1 is 1.03 bits per heavy atom. The monoisotopic (exact) mass is 387 g/mol. The molecular formula is C24H22FN3O. The van der Waals surface area contributed by atoms with Gasteiger partial charge in [-0.2, -0.15) is 0 Å². The molecule has 0 saturated carbocycles. The average Bonchev–Trinajstić information content (AvgIpc) is 3.05. The van der Waals surface area contributed by atoms with Crippen molar-refractivity contribution in [2.24, 2.45) is 0 Å². The Morgan fingerprint density at radius 2 is 1.76 bits per heavy atom. The fraction of sp³-hybridized carbons (Fsp3) is 0.167. The van der Waals surface area contributed by atoms with Crippen molar-refractivity contribution in [1.29, 1.82) is 0 Å². The van der Waals surface area contributed by atoms with Gasteiger partial charge >= 0.3 is 0 Å². The standard InChI is InChI=1S/C24H22FN3O/c1-16-13-17(2)15-20(14-16)26-23(29)11-10-21-24(18-6-8-19(25)9-7-18)27-22-5-3-4-12-28(21)22/h3-9,12-15H,10-11H2,1-2H3,(H,26,29).